The van der Waals surface area contributed by atoms with Gasteiger partial charge in [0.1, 0.15) is 11.3 Å². The Kier molecular flexibility index (Phi) is 2.38. The van der Waals surface area contributed by atoms with Crippen molar-refractivity contribution in [3.8, 4) is 5.75 Å². The van der Waals surface area contributed by atoms with Crippen LogP contribution in [0.25, 0.3) is 0 Å². The van der Waals surface area contributed by atoms with Crippen LogP contribution in [0.2, 0.25) is 0 Å². The molecule has 18 heavy (non-hydrogen) atoms. The molecule has 1 aromatic rings. The van der Waals surface area contributed by atoms with Crippen LogP contribution in [-0.2, 0) is 17.6 Å². The van der Waals surface area contributed by atoms with Gasteiger partial charge in [-0.15, -0.1) is 0 Å². The number of fused-ring (bicyclic) bond motifs is 3. The van der Waals surface area contributed by atoms with Gasteiger partial charge < -0.3 is 15.9 Å². The van der Waals surface area contributed by atoms with Crippen LogP contribution in [-0.4, -0.2) is 21.7 Å². The van der Waals surface area contributed by atoms with Crippen LogP contribution in [0.15, 0.2) is 18.2 Å². The molecule has 1 aromatic carbocycles. The Morgan fingerprint density at radius 3 is 2.44 bits per heavy atom. The fourth-order valence-corrected chi connectivity index (χ4v) is 3.64. The average Bonchev–Trinajstić information content (AvgIpc) is 2.53. The Balaban J connectivity index is 2.06. The summed E-state index contributed by atoms with van der Waals surface area (Å²) in [5.41, 5.74) is 7.29. The van der Waals surface area contributed by atoms with Gasteiger partial charge in [0.05, 0.1) is 0 Å². The number of carbonyl (C=O) groups is 1. The number of rotatable bonds is 1. The maximum absolute atomic E-state index is 11.5. The first-order valence-corrected chi connectivity index (χ1v) is 6.35. The molecular weight excluding hydrogens is 230 g/mol. The zero-order valence-corrected chi connectivity index (χ0v) is 10.1. The molecule has 0 heterocycles. The van der Waals surface area contributed by atoms with E-state index in [0.29, 0.717) is 12.8 Å². The SMILES string of the molecule is NC1(C(=O)O)C2CCC1Cc1cc(O)ccc1C2. The minimum atomic E-state index is -1.10. The number of aliphatic carboxylic acids is 1. The molecule has 0 aliphatic heterocycles. The summed E-state index contributed by atoms with van der Waals surface area (Å²) in [5.74, 6) is -0.662. The molecule has 3 rings (SSSR count). The lowest BCUT2D eigenvalue weighted by Crippen LogP contribution is -2.56. The molecule has 0 spiro atoms. The number of aromatic hydroxyl groups is 1. The van der Waals surface area contributed by atoms with Crippen LogP contribution in [0.3, 0.4) is 0 Å². The van der Waals surface area contributed by atoms with Gasteiger partial charge in [0.25, 0.3) is 0 Å². The van der Waals surface area contributed by atoms with Crippen LogP contribution in [0.1, 0.15) is 24.0 Å². The lowest BCUT2D eigenvalue weighted by Gasteiger charge is -2.30. The molecule has 0 radical (unpaired) electrons. The highest BCUT2D eigenvalue weighted by atomic mass is 16.4. The van der Waals surface area contributed by atoms with Crippen molar-refractivity contribution in [3.05, 3.63) is 29.3 Å². The third-order valence-corrected chi connectivity index (χ3v) is 4.71. The molecule has 0 amide bonds. The summed E-state index contributed by atoms with van der Waals surface area (Å²) in [6, 6.07) is 5.31. The Hall–Kier alpha value is -1.55. The second-order valence-electron chi connectivity index (χ2n) is 5.57. The van der Waals surface area contributed by atoms with E-state index in [1.54, 1.807) is 12.1 Å². The number of phenolic OH excluding ortho intramolecular Hbond substituents is 1. The molecule has 1 fully saturated rings. The lowest BCUT2D eigenvalue weighted by atomic mass is 9.80. The molecule has 2 aliphatic carbocycles. The number of hydrogen-bond acceptors (Lipinski definition) is 3. The highest BCUT2D eigenvalue weighted by Crippen LogP contribution is 2.46. The van der Waals surface area contributed by atoms with E-state index in [1.165, 1.54) is 0 Å². The largest absolute Gasteiger partial charge is 0.508 e. The van der Waals surface area contributed by atoms with Crippen molar-refractivity contribution in [2.45, 2.75) is 31.2 Å². The van der Waals surface area contributed by atoms with Crippen LogP contribution in [0, 0.1) is 11.8 Å². The minimum Gasteiger partial charge on any atom is -0.508 e. The van der Waals surface area contributed by atoms with Crippen LogP contribution in [0.4, 0.5) is 0 Å². The van der Waals surface area contributed by atoms with E-state index in [1.807, 2.05) is 6.07 Å². The summed E-state index contributed by atoms with van der Waals surface area (Å²) in [7, 11) is 0. The zero-order valence-electron chi connectivity index (χ0n) is 10.1. The first-order valence-electron chi connectivity index (χ1n) is 6.35. The standard InChI is InChI=1S/C14H17NO3/c15-14(13(17)18)10-2-3-11(14)6-9-7-12(16)4-1-8(9)5-10/h1,4,7,10-11,16H,2-3,5-6,15H2,(H,17,18). The monoisotopic (exact) mass is 247 g/mol. The highest BCUT2D eigenvalue weighted by Gasteiger charge is 2.54. The number of carboxylic acids is 1. The topological polar surface area (TPSA) is 83.6 Å². The average molecular weight is 247 g/mol. The van der Waals surface area contributed by atoms with Gasteiger partial charge in [-0.3, -0.25) is 4.79 Å². The van der Waals surface area contributed by atoms with Gasteiger partial charge in [-0.1, -0.05) is 6.07 Å². The summed E-state index contributed by atoms with van der Waals surface area (Å²) in [6.07, 6.45) is 3.11. The van der Waals surface area contributed by atoms with Gasteiger partial charge in [-0.05, 0) is 60.8 Å². The molecule has 2 aliphatic rings. The molecule has 96 valence electrons. The molecule has 3 unspecified atom stereocenters. The van der Waals surface area contributed by atoms with Crippen molar-refractivity contribution in [2.75, 3.05) is 0 Å². The lowest BCUT2D eigenvalue weighted by molar-refractivity contribution is -0.146. The Bertz CT molecular complexity index is 514. The van der Waals surface area contributed by atoms with Crippen molar-refractivity contribution in [3.63, 3.8) is 0 Å². The van der Waals surface area contributed by atoms with Crippen molar-refractivity contribution >= 4 is 5.97 Å². The van der Waals surface area contributed by atoms with Crippen LogP contribution in [0.5, 0.6) is 5.75 Å². The summed E-state index contributed by atoms with van der Waals surface area (Å²) in [6.45, 7) is 0. The van der Waals surface area contributed by atoms with Gasteiger partial charge >= 0.3 is 5.97 Å². The van der Waals surface area contributed by atoms with Gasteiger partial charge in [0.2, 0.25) is 0 Å². The van der Waals surface area contributed by atoms with Gasteiger partial charge in [-0.25, -0.2) is 0 Å². The molecule has 0 aromatic heterocycles. The van der Waals surface area contributed by atoms with Gasteiger partial charge in [0, 0.05) is 0 Å². The fourth-order valence-electron chi connectivity index (χ4n) is 3.64. The van der Waals surface area contributed by atoms with E-state index >= 15 is 0 Å². The Labute approximate surface area is 105 Å². The van der Waals surface area contributed by atoms with Crippen molar-refractivity contribution in [2.24, 2.45) is 17.6 Å². The molecule has 3 atom stereocenters. The summed E-state index contributed by atoms with van der Waals surface area (Å²) < 4.78 is 0. The first-order chi connectivity index (χ1) is 8.51. The number of benzene rings is 1. The third-order valence-electron chi connectivity index (χ3n) is 4.71. The summed E-state index contributed by atoms with van der Waals surface area (Å²) in [5, 5.41) is 19.0. The van der Waals surface area contributed by atoms with Gasteiger partial charge in [0.15, 0.2) is 0 Å². The van der Waals surface area contributed by atoms with Crippen molar-refractivity contribution < 1.29 is 15.0 Å². The van der Waals surface area contributed by atoms with Crippen LogP contribution >= 0.6 is 0 Å². The highest BCUT2D eigenvalue weighted by molar-refractivity contribution is 5.80. The van der Waals surface area contributed by atoms with E-state index in [2.05, 4.69) is 0 Å². The number of nitrogens with two attached hydrogens (primary N) is 1. The normalized spacial score (nSPS) is 33.8. The summed E-state index contributed by atoms with van der Waals surface area (Å²) in [4.78, 5) is 11.5. The van der Waals surface area contributed by atoms with E-state index in [4.69, 9.17) is 5.73 Å². The zero-order chi connectivity index (χ0) is 12.9. The molecule has 4 heteroatoms. The van der Waals surface area contributed by atoms with E-state index in [9.17, 15) is 15.0 Å². The maximum Gasteiger partial charge on any atom is 0.324 e. The molecule has 0 saturated heterocycles. The number of carboxylic acid groups (broad SMARTS) is 1. The van der Waals surface area contributed by atoms with Crippen molar-refractivity contribution in [1.29, 1.82) is 0 Å². The van der Waals surface area contributed by atoms with E-state index < -0.39 is 11.5 Å². The Morgan fingerprint density at radius 2 is 1.83 bits per heavy atom. The first kappa shape index (κ1) is 11.5. The molecule has 1 saturated carbocycles. The third kappa shape index (κ3) is 1.45. The summed E-state index contributed by atoms with van der Waals surface area (Å²) >= 11 is 0. The Morgan fingerprint density at radius 1 is 1.22 bits per heavy atom. The molecule has 2 bridgehead atoms. The predicted molar refractivity (Wildman–Crippen MR) is 66.3 cm³/mol. The number of phenols is 1. The smallest absolute Gasteiger partial charge is 0.324 e. The fraction of sp³-hybridized carbons (Fsp3) is 0.500. The van der Waals surface area contributed by atoms with E-state index in [-0.39, 0.29) is 17.6 Å². The van der Waals surface area contributed by atoms with Crippen molar-refractivity contribution in [1.82, 2.24) is 0 Å². The predicted octanol–water partition coefficient (Wildman–Crippen LogP) is 1.30. The second kappa shape index (κ2) is 3.72. The number of hydrogen-bond donors (Lipinski definition) is 3. The second-order valence-corrected chi connectivity index (χ2v) is 5.57. The molecule has 4 nitrogen and oxygen atoms in total. The molecule has 4 N–H and O–H groups in total. The van der Waals surface area contributed by atoms with Crippen LogP contribution < -0.4 is 5.73 Å². The minimum absolute atomic E-state index is 0.00536. The maximum atomic E-state index is 11.5. The quantitative estimate of drug-likeness (QED) is 0.698. The molecular formula is C14H17NO3. The van der Waals surface area contributed by atoms with E-state index in [0.717, 1.165) is 24.0 Å². The van der Waals surface area contributed by atoms with Gasteiger partial charge in [-0.2, -0.15) is 0 Å².